The van der Waals surface area contributed by atoms with Gasteiger partial charge in [0.2, 0.25) is 5.91 Å². The maximum atomic E-state index is 13.9. The van der Waals surface area contributed by atoms with Crippen molar-refractivity contribution in [1.29, 1.82) is 0 Å². The van der Waals surface area contributed by atoms with Gasteiger partial charge in [-0.15, -0.1) is 0 Å². The average molecular weight is 488 g/mol. The second-order valence-corrected chi connectivity index (χ2v) is 9.79. The van der Waals surface area contributed by atoms with Crippen LogP contribution in [0.2, 0.25) is 0 Å². The fraction of sp³-hybridized carbons (Fsp3) is 0.212. The summed E-state index contributed by atoms with van der Waals surface area (Å²) in [7, 11) is 0. The summed E-state index contributed by atoms with van der Waals surface area (Å²) in [5.41, 5.74) is 4.44. The Morgan fingerprint density at radius 3 is 2.32 bits per heavy atom. The molecule has 4 heteroatoms. The maximum Gasteiger partial charge on any atom is 0.232 e. The molecule has 1 aliphatic heterocycles. The first-order valence-electron chi connectivity index (χ1n) is 13.0. The number of hydrogen-bond donors (Lipinski definition) is 0. The van der Waals surface area contributed by atoms with Crippen molar-refractivity contribution in [3.63, 3.8) is 0 Å². The molecule has 0 aromatic heterocycles. The molecule has 2 atom stereocenters. The van der Waals surface area contributed by atoms with E-state index in [0.29, 0.717) is 19.4 Å². The number of ether oxygens (including phenoxy) is 1. The molecule has 0 saturated heterocycles. The summed E-state index contributed by atoms with van der Waals surface area (Å²) in [6.45, 7) is 2.47. The first kappa shape index (κ1) is 23.2. The molecule has 37 heavy (non-hydrogen) atoms. The van der Waals surface area contributed by atoms with Gasteiger partial charge in [-0.2, -0.15) is 0 Å². The Bertz CT molecular complexity index is 1520. The topological polar surface area (TPSA) is 46.6 Å². The van der Waals surface area contributed by atoms with E-state index in [1.807, 2.05) is 78.6 Å². The van der Waals surface area contributed by atoms with Crippen molar-refractivity contribution in [2.75, 3.05) is 11.5 Å². The molecule has 1 aliphatic carbocycles. The van der Waals surface area contributed by atoms with Crippen LogP contribution in [0, 0.1) is 0 Å². The molecular weight excluding hydrogens is 458 g/mol. The molecule has 1 heterocycles. The van der Waals surface area contributed by atoms with Crippen molar-refractivity contribution in [3.8, 4) is 5.75 Å². The highest BCUT2D eigenvalue weighted by molar-refractivity contribution is 6.08. The number of allylic oxidation sites excluding steroid dienone is 2. The Hall–Kier alpha value is -4.18. The molecular formula is C33H29NO3. The Kier molecular flexibility index (Phi) is 6.09. The van der Waals surface area contributed by atoms with E-state index in [1.165, 1.54) is 0 Å². The number of fused-ring (bicyclic) bond motifs is 1. The van der Waals surface area contributed by atoms with Gasteiger partial charge in [-0.3, -0.25) is 14.5 Å². The average Bonchev–Trinajstić information content (AvgIpc) is 2.93. The second kappa shape index (κ2) is 9.70. The van der Waals surface area contributed by atoms with Gasteiger partial charge >= 0.3 is 0 Å². The van der Waals surface area contributed by atoms with Crippen molar-refractivity contribution in [2.24, 2.45) is 0 Å². The minimum Gasteiger partial charge on any atom is -0.494 e. The normalized spacial score (nSPS) is 19.8. The van der Waals surface area contributed by atoms with E-state index < -0.39 is 0 Å². The van der Waals surface area contributed by atoms with Crippen molar-refractivity contribution >= 4 is 28.2 Å². The van der Waals surface area contributed by atoms with Gasteiger partial charge in [-0.25, -0.2) is 0 Å². The highest BCUT2D eigenvalue weighted by Crippen LogP contribution is 2.48. The zero-order valence-corrected chi connectivity index (χ0v) is 20.9. The fourth-order valence-corrected chi connectivity index (χ4v) is 5.93. The lowest BCUT2D eigenvalue weighted by molar-refractivity contribution is -0.120. The number of rotatable bonds is 5. The van der Waals surface area contributed by atoms with Crippen molar-refractivity contribution in [1.82, 2.24) is 0 Å². The van der Waals surface area contributed by atoms with Crippen LogP contribution < -0.4 is 9.64 Å². The summed E-state index contributed by atoms with van der Waals surface area (Å²) in [4.78, 5) is 29.7. The molecule has 184 valence electrons. The van der Waals surface area contributed by atoms with E-state index in [0.717, 1.165) is 44.6 Å². The number of amides is 1. The van der Waals surface area contributed by atoms with E-state index in [-0.39, 0.29) is 29.9 Å². The van der Waals surface area contributed by atoms with Gasteiger partial charge in [-0.1, -0.05) is 78.9 Å². The van der Waals surface area contributed by atoms with Gasteiger partial charge in [0.05, 0.1) is 6.61 Å². The third kappa shape index (κ3) is 4.23. The van der Waals surface area contributed by atoms with Crippen molar-refractivity contribution in [3.05, 3.63) is 119 Å². The molecule has 0 spiro atoms. The zero-order valence-electron chi connectivity index (χ0n) is 20.9. The maximum absolute atomic E-state index is 13.9. The van der Waals surface area contributed by atoms with Crippen LogP contribution in [0.5, 0.6) is 5.75 Å². The lowest BCUT2D eigenvalue weighted by atomic mass is 9.72. The summed E-state index contributed by atoms with van der Waals surface area (Å²) in [5, 5.41) is 2.19. The third-order valence-electron chi connectivity index (χ3n) is 7.59. The van der Waals surface area contributed by atoms with Crippen LogP contribution in [0.4, 0.5) is 5.69 Å². The Labute approximate surface area is 217 Å². The predicted octanol–water partition coefficient (Wildman–Crippen LogP) is 7.16. The third-order valence-corrected chi connectivity index (χ3v) is 7.59. The number of Topliss-reactive ketones (excluding diaryl/α,β-unsaturated/α-hetero) is 1. The van der Waals surface area contributed by atoms with Gasteiger partial charge in [-0.05, 0) is 53.8 Å². The van der Waals surface area contributed by atoms with Crippen LogP contribution in [0.25, 0.3) is 10.8 Å². The second-order valence-electron chi connectivity index (χ2n) is 9.79. The standard InChI is InChI=1S/C33H29NO3/c1-2-37-31-15-9-8-14-27(31)28-21-32(36)34(26-17-16-23-12-6-7-13-24(23)18-26)29-19-25(20-30(35)33(28)29)22-10-4-3-5-11-22/h3-18,25,28H,2,19-21H2,1H3. The minimum atomic E-state index is -0.314. The predicted molar refractivity (Wildman–Crippen MR) is 147 cm³/mol. The molecule has 0 N–H and O–H groups in total. The SMILES string of the molecule is CCOc1ccccc1C1CC(=O)N(c2ccc3ccccc3c2)C2=C1C(=O)CC(c1ccccc1)C2. The number of para-hydroxylation sites is 1. The number of nitrogens with zero attached hydrogens (tertiary/aromatic N) is 1. The van der Waals surface area contributed by atoms with Gasteiger partial charge in [0.25, 0.3) is 0 Å². The van der Waals surface area contributed by atoms with Crippen LogP contribution in [0.1, 0.15) is 49.1 Å². The first-order valence-corrected chi connectivity index (χ1v) is 13.0. The van der Waals surface area contributed by atoms with E-state index >= 15 is 0 Å². The number of hydrogen-bond acceptors (Lipinski definition) is 3. The van der Waals surface area contributed by atoms with Crippen LogP contribution >= 0.6 is 0 Å². The number of carbonyl (C=O) groups is 2. The summed E-state index contributed by atoms with van der Waals surface area (Å²) in [6, 6.07) is 32.2. The van der Waals surface area contributed by atoms with Gasteiger partial charge < -0.3 is 4.74 Å². The quantitative estimate of drug-likeness (QED) is 0.300. The highest BCUT2D eigenvalue weighted by atomic mass is 16.5. The molecule has 6 rings (SSSR count). The molecule has 0 fully saturated rings. The van der Waals surface area contributed by atoms with Crippen LogP contribution in [-0.4, -0.2) is 18.3 Å². The monoisotopic (exact) mass is 487 g/mol. The van der Waals surface area contributed by atoms with Gasteiger partial charge in [0.1, 0.15) is 5.75 Å². The Balaban J connectivity index is 1.52. The molecule has 0 bridgehead atoms. The Morgan fingerprint density at radius 1 is 0.784 bits per heavy atom. The minimum absolute atomic E-state index is 0.00634. The number of ketones is 1. The summed E-state index contributed by atoms with van der Waals surface area (Å²) < 4.78 is 5.93. The van der Waals surface area contributed by atoms with Crippen LogP contribution in [0.15, 0.2) is 108 Å². The number of anilines is 1. The van der Waals surface area contributed by atoms with Crippen molar-refractivity contribution < 1.29 is 14.3 Å². The Morgan fingerprint density at radius 2 is 1.51 bits per heavy atom. The fourth-order valence-electron chi connectivity index (χ4n) is 5.93. The molecule has 1 amide bonds. The first-order chi connectivity index (χ1) is 18.1. The van der Waals surface area contributed by atoms with E-state index in [1.54, 1.807) is 0 Å². The largest absolute Gasteiger partial charge is 0.494 e. The van der Waals surface area contributed by atoms with E-state index in [9.17, 15) is 9.59 Å². The summed E-state index contributed by atoms with van der Waals surface area (Å²) in [6.07, 6.45) is 1.31. The van der Waals surface area contributed by atoms with E-state index in [4.69, 9.17) is 4.74 Å². The zero-order chi connectivity index (χ0) is 25.4. The molecule has 0 radical (unpaired) electrons. The summed E-state index contributed by atoms with van der Waals surface area (Å²) in [5.74, 6) is 0.582. The highest BCUT2D eigenvalue weighted by Gasteiger charge is 2.43. The molecule has 4 nitrogen and oxygen atoms in total. The van der Waals surface area contributed by atoms with Crippen molar-refractivity contribution in [2.45, 2.75) is 38.0 Å². The molecule has 4 aromatic carbocycles. The number of benzene rings is 4. The molecule has 2 aliphatic rings. The molecule has 2 unspecified atom stereocenters. The van der Waals surface area contributed by atoms with E-state index in [2.05, 4.69) is 30.3 Å². The smallest absolute Gasteiger partial charge is 0.232 e. The van der Waals surface area contributed by atoms with Crippen LogP contribution in [-0.2, 0) is 9.59 Å². The lowest BCUT2D eigenvalue weighted by Gasteiger charge is -2.41. The summed E-state index contributed by atoms with van der Waals surface area (Å²) >= 11 is 0. The molecule has 0 saturated carbocycles. The van der Waals surface area contributed by atoms with Crippen LogP contribution in [0.3, 0.4) is 0 Å². The van der Waals surface area contributed by atoms with Gasteiger partial charge in [0, 0.05) is 41.3 Å². The lowest BCUT2D eigenvalue weighted by Crippen LogP contribution is -2.41. The number of carbonyl (C=O) groups excluding carboxylic acids is 2. The molecule has 4 aromatic rings. The van der Waals surface area contributed by atoms with Gasteiger partial charge in [0.15, 0.2) is 5.78 Å².